The lowest BCUT2D eigenvalue weighted by molar-refractivity contribution is -0.240. The van der Waals surface area contributed by atoms with Gasteiger partial charge in [0.15, 0.2) is 5.79 Å². The van der Waals surface area contributed by atoms with Gasteiger partial charge in [0.25, 0.3) is 0 Å². The van der Waals surface area contributed by atoms with Crippen molar-refractivity contribution in [2.45, 2.75) is 104 Å². The monoisotopic (exact) mass is 348 g/mol. The topological polar surface area (TPSA) is 40.5 Å². The van der Waals surface area contributed by atoms with E-state index >= 15 is 0 Å². The predicted molar refractivity (Wildman–Crippen MR) is 102 cm³/mol. The lowest BCUT2D eigenvalue weighted by Crippen LogP contribution is -2.56. The molecule has 4 aliphatic rings. The predicted octanol–water partition coefficient (Wildman–Crippen LogP) is 5.52. The Kier molecular flexibility index (Phi) is 4.56. The smallest absolute Gasteiger partial charge is 0.166 e. The molecular formula is C23H40O2. The molecule has 0 heterocycles. The standard InChI is InChI=1S/C23H40O2/c1-4-5-8-17-15-23(24,25)20-18-11-10-16-9-6-7-13-21(16,2)19(18)12-14-22(17,20)3/h16-20,24-25H,4-15H2,1-3H3. The maximum Gasteiger partial charge on any atom is 0.166 e. The first kappa shape index (κ1) is 18.3. The van der Waals surface area contributed by atoms with Crippen LogP contribution in [-0.4, -0.2) is 16.0 Å². The highest BCUT2D eigenvalue weighted by Crippen LogP contribution is 2.69. The molecule has 0 amide bonds. The Balaban J connectivity index is 1.64. The van der Waals surface area contributed by atoms with E-state index in [1.807, 2.05) is 0 Å². The summed E-state index contributed by atoms with van der Waals surface area (Å²) in [6.45, 7) is 7.23. The third kappa shape index (κ3) is 2.64. The molecule has 2 heteroatoms. The first-order valence-corrected chi connectivity index (χ1v) is 11.3. The SMILES string of the molecule is CCCCC1CC(O)(O)C2C3CCC4CCCCC4(C)C3CCC12C. The summed E-state index contributed by atoms with van der Waals surface area (Å²) < 4.78 is 0. The van der Waals surface area contributed by atoms with Crippen molar-refractivity contribution in [1.82, 2.24) is 0 Å². The molecule has 0 aromatic rings. The molecule has 0 aromatic carbocycles. The molecule has 0 aromatic heterocycles. The Morgan fingerprint density at radius 2 is 1.72 bits per heavy atom. The molecule has 144 valence electrons. The number of rotatable bonds is 3. The van der Waals surface area contributed by atoms with Crippen molar-refractivity contribution >= 4 is 0 Å². The van der Waals surface area contributed by atoms with Gasteiger partial charge >= 0.3 is 0 Å². The largest absolute Gasteiger partial charge is 0.365 e. The van der Waals surface area contributed by atoms with Gasteiger partial charge in [-0.3, -0.25) is 0 Å². The molecule has 0 bridgehead atoms. The summed E-state index contributed by atoms with van der Waals surface area (Å²) in [6.07, 6.45) is 15.0. The third-order valence-corrected chi connectivity index (χ3v) is 9.68. The Morgan fingerprint density at radius 1 is 0.920 bits per heavy atom. The van der Waals surface area contributed by atoms with Crippen molar-refractivity contribution in [3.63, 3.8) is 0 Å². The zero-order valence-corrected chi connectivity index (χ0v) is 16.8. The lowest BCUT2D eigenvalue weighted by atomic mass is 9.44. The summed E-state index contributed by atoms with van der Waals surface area (Å²) in [5, 5.41) is 22.2. The van der Waals surface area contributed by atoms with E-state index in [2.05, 4.69) is 20.8 Å². The van der Waals surface area contributed by atoms with Crippen LogP contribution >= 0.6 is 0 Å². The number of hydrogen-bond acceptors (Lipinski definition) is 2. The zero-order valence-electron chi connectivity index (χ0n) is 16.8. The van der Waals surface area contributed by atoms with Crippen molar-refractivity contribution in [3.8, 4) is 0 Å². The molecule has 0 spiro atoms. The van der Waals surface area contributed by atoms with Gasteiger partial charge in [0, 0.05) is 12.3 Å². The van der Waals surface area contributed by atoms with Crippen molar-refractivity contribution in [2.75, 3.05) is 0 Å². The van der Waals surface area contributed by atoms with Crippen LogP contribution in [0.5, 0.6) is 0 Å². The molecule has 2 nitrogen and oxygen atoms in total. The van der Waals surface area contributed by atoms with Crippen LogP contribution in [0.25, 0.3) is 0 Å². The maximum atomic E-state index is 11.1. The van der Waals surface area contributed by atoms with Gasteiger partial charge in [0.2, 0.25) is 0 Å². The number of unbranched alkanes of at least 4 members (excludes halogenated alkanes) is 1. The fourth-order valence-corrected chi connectivity index (χ4v) is 8.46. The van der Waals surface area contributed by atoms with Gasteiger partial charge in [-0.25, -0.2) is 0 Å². The van der Waals surface area contributed by atoms with Crippen LogP contribution in [-0.2, 0) is 0 Å². The molecule has 0 aliphatic heterocycles. The molecule has 25 heavy (non-hydrogen) atoms. The quantitative estimate of drug-likeness (QED) is 0.660. The van der Waals surface area contributed by atoms with Crippen LogP contribution in [0.15, 0.2) is 0 Å². The van der Waals surface area contributed by atoms with Gasteiger partial charge < -0.3 is 10.2 Å². The number of fused-ring (bicyclic) bond motifs is 5. The van der Waals surface area contributed by atoms with Crippen molar-refractivity contribution in [2.24, 2.45) is 40.4 Å². The highest BCUT2D eigenvalue weighted by atomic mass is 16.5. The molecular weight excluding hydrogens is 308 g/mol. The van der Waals surface area contributed by atoms with Gasteiger partial charge in [-0.15, -0.1) is 0 Å². The number of aliphatic hydroxyl groups is 2. The second-order valence-electron chi connectivity index (χ2n) is 10.7. The molecule has 7 atom stereocenters. The summed E-state index contributed by atoms with van der Waals surface area (Å²) in [6, 6.07) is 0. The fraction of sp³-hybridized carbons (Fsp3) is 1.00. The summed E-state index contributed by atoms with van der Waals surface area (Å²) >= 11 is 0. The summed E-state index contributed by atoms with van der Waals surface area (Å²) in [5.41, 5.74) is 0.623. The van der Waals surface area contributed by atoms with E-state index in [4.69, 9.17) is 0 Å². The second kappa shape index (κ2) is 6.23. The fourth-order valence-electron chi connectivity index (χ4n) is 8.46. The highest BCUT2D eigenvalue weighted by Gasteiger charge is 2.66. The van der Waals surface area contributed by atoms with Crippen molar-refractivity contribution in [3.05, 3.63) is 0 Å². The summed E-state index contributed by atoms with van der Waals surface area (Å²) in [4.78, 5) is 0. The average molecular weight is 349 g/mol. The molecule has 4 rings (SSSR count). The van der Waals surface area contributed by atoms with E-state index in [-0.39, 0.29) is 11.3 Å². The lowest BCUT2D eigenvalue weighted by Gasteiger charge is -2.61. The molecule has 0 saturated heterocycles. The molecule has 4 fully saturated rings. The van der Waals surface area contributed by atoms with Crippen LogP contribution in [0, 0.1) is 40.4 Å². The Morgan fingerprint density at radius 3 is 2.48 bits per heavy atom. The number of hydrogen-bond donors (Lipinski definition) is 2. The molecule has 0 radical (unpaired) electrons. The van der Waals surface area contributed by atoms with Gasteiger partial charge in [0.05, 0.1) is 0 Å². The Hall–Kier alpha value is -0.0800. The Labute approximate surface area is 154 Å². The van der Waals surface area contributed by atoms with E-state index in [1.165, 1.54) is 70.6 Å². The molecule has 2 N–H and O–H groups in total. The van der Waals surface area contributed by atoms with E-state index in [0.717, 1.165) is 11.8 Å². The van der Waals surface area contributed by atoms with E-state index in [1.54, 1.807) is 0 Å². The Bertz CT molecular complexity index is 500. The van der Waals surface area contributed by atoms with Gasteiger partial charge in [0.1, 0.15) is 0 Å². The van der Waals surface area contributed by atoms with Crippen LogP contribution in [0.1, 0.15) is 97.8 Å². The van der Waals surface area contributed by atoms with Crippen LogP contribution in [0.4, 0.5) is 0 Å². The van der Waals surface area contributed by atoms with Gasteiger partial charge in [-0.05, 0) is 79.4 Å². The molecule has 4 saturated carbocycles. The summed E-state index contributed by atoms with van der Waals surface area (Å²) in [5.74, 6) is 1.36. The highest BCUT2D eigenvalue weighted by molar-refractivity contribution is 5.12. The minimum atomic E-state index is -1.42. The van der Waals surface area contributed by atoms with E-state index < -0.39 is 5.79 Å². The normalized spacial score (nSPS) is 51.5. The van der Waals surface area contributed by atoms with Crippen LogP contribution in [0.3, 0.4) is 0 Å². The third-order valence-electron chi connectivity index (χ3n) is 9.68. The molecule has 7 unspecified atom stereocenters. The minimum absolute atomic E-state index is 0.111. The summed E-state index contributed by atoms with van der Waals surface area (Å²) in [7, 11) is 0. The van der Waals surface area contributed by atoms with Crippen molar-refractivity contribution in [1.29, 1.82) is 0 Å². The minimum Gasteiger partial charge on any atom is -0.365 e. The second-order valence-corrected chi connectivity index (χ2v) is 10.7. The van der Waals surface area contributed by atoms with E-state index in [0.29, 0.717) is 23.7 Å². The van der Waals surface area contributed by atoms with Crippen LogP contribution in [0.2, 0.25) is 0 Å². The van der Waals surface area contributed by atoms with Crippen molar-refractivity contribution < 1.29 is 10.2 Å². The molecule has 4 aliphatic carbocycles. The maximum absolute atomic E-state index is 11.1. The zero-order chi connectivity index (χ0) is 17.9. The average Bonchev–Trinajstić information content (AvgIpc) is 2.78. The van der Waals surface area contributed by atoms with Gasteiger partial charge in [-0.2, -0.15) is 0 Å². The van der Waals surface area contributed by atoms with Crippen LogP contribution < -0.4 is 0 Å². The first-order chi connectivity index (χ1) is 11.8. The van der Waals surface area contributed by atoms with Gasteiger partial charge in [-0.1, -0.05) is 46.5 Å². The van der Waals surface area contributed by atoms with E-state index in [9.17, 15) is 10.2 Å². The first-order valence-electron chi connectivity index (χ1n) is 11.3.